The highest BCUT2D eigenvalue weighted by Crippen LogP contribution is 2.31. The minimum Gasteiger partial charge on any atom is -0.494 e. The summed E-state index contributed by atoms with van der Waals surface area (Å²) < 4.78 is 35.5. The molecule has 1 heterocycles. The first kappa shape index (κ1) is 15.9. The maximum atomic E-state index is 12.3. The van der Waals surface area contributed by atoms with Gasteiger partial charge in [0.2, 0.25) is 0 Å². The molecule has 0 unspecified atom stereocenters. The number of ether oxygens (including phenoxy) is 2. The number of carbonyl (C=O) groups is 1. The summed E-state index contributed by atoms with van der Waals surface area (Å²) in [5.74, 6) is -0.668. The number of carbonyl (C=O) groups excluding carboxylic acids is 1. The number of sulfonamides is 1. The van der Waals surface area contributed by atoms with E-state index in [0.717, 1.165) is 15.6 Å². The standard InChI is InChI=1S/C11H17NO5S2/c1-8(10(13)17-4)7-12(2)19(14,15)11-9(16-3)5-6-18-11/h5-6,8H,7H2,1-4H3/t8-/m1/s1. The van der Waals surface area contributed by atoms with Crippen LogP contribution >= 0.6 is 11.3 Å². The largest absolute Gasteiger partial charge is 0.494 e. The average Bonchev–Trinajstić information content (AvgIpc) is 2.86. The normalized spacial score (nSPS) is 13.3. The molecule has 0 amide bonds. The van der Waals surface area contributed by atoms with Crippen molar-refractivity contribution in [1.29, 1.82) is 0 Å². The van der Waals surface area contributed by atoms with Gasteiger partial charge in [0.25, 0.3) is 10.0 Å². The lowest BCUT2D eigenvalue weighted by Crippen LogP contribution is -2.34. The van der Waals surface area contributed by atoms with Crippen LogP contribution in [0.25, 0.3) is 0 Å². The van der Waals surface area contributed by atoms with Crippen LogP contribution in [0.15, 0.2) is 15.7 Å². The molecule has 0 aliphatic rings. The van der Waals surface area contributed by atoms with Crippen molar-refractivity contribution in [2.24, 2.45) is 5.92 Å². The van der Waals surface area contributed by atoms with Crippen LogP contribution in [0.3, 0.4) is 0 Å². The number of methoxy groups -OCH3 is 2. The lowest BCUT2D eigenvalue weighted by atomic mass is 10.2. The Morgan fingerprint density at radius 3 is 2.63 bits per heavy atom. The quantitative estimate of drug-likeness (QED) is 0.738. The number of esters is 1. The van der Waals surface area contributed by atoms with Gasteiger partial charge in [-0.25, -0.2) is 8.42 Å². The SMILES string of the molecule is COC(=O)[C@H](C)CN(C)S(=O)(=O)c1sccc1OC. The average molecular weight is 307 g/mol. The van der Waals surface area contributed by atoms with E-state index in [2.05, 4.69) is 4.74 Å². The molecule has 0 fully saturated rings. The van der Waals surface area contributed by atoms with E-state index in [9.17, 15) is 13.2 Å². The highest BCUT2D eigenvalue weighted by molar-refractivity contribution is 7.91. The first-order chi connectivity index (χ1) is 8.84. The van der Waals surface area contributed by atoms with E-state index in [4.69, 9.17) is 4.74 Å². The summed E-state index contributed by atoms with van der Waals surface area (Å²) in [5.41, 5.74) is 0. The van der Waals surface area contributed by atoms with Crippen molar-refractivity contribution in [2.45, 2.75) is 11.1 Å². The van der Waals surface area contributed by atoms with Crippen molar-refractivity contribution < 1.29 is 22.7 Å². The summed E-state index contributed by atoms with van der Waals surface area (Å²) in [6.07, 6.45) is 0. The van der Waals surface area contributed by atoms with Crippen LogP contribution < -0.4 is 4.74 Å². The van der Waals surface area contributed by atoms with Crippen molar-refractivity contribution in [3.8, 4) is 5.75 Å². The number of nitrogens with zero attached hydrogens (tertiary/aromatic N) is 1. The lowest BCUT2D eigenvalue weighted by molar-refractivity contribution is -0.144. The Labute approximate surface area is 117 Å². The summed E-state index contributed by atoms with van der Waals surface area (Å²) in [7, 11) is 0.457. The fourth-order valence-corrected chi connectivity index (χ4v) is 4.25. The highest BCUT2D eigenvalue weighted by atomic mass is 32.2. The molecule has 0 radical (unpaired) electrons. The third-order valence-corrected chi connectivity index (χ3v) is 5.84. The zero-order valence-corrected chi connectivity index (χ0v) is 12.9. The Morgan fingerprint density at radius 2 is 2.11 bits per heavy atom. The Morgan fingerprint density at radius 1 is 1.47 bits per heavy atom. The van der Waals surface area contributed by atoms with Crippen LogP contribution in [0.2, 0.25) is 0 Å². The van der Waals surface area contributed by atoms with Gasteiger partial charge < -0.3 is 9.47 Å². The number of hydrogen-bond acceptors (Lipinski definition) is 6. The monoisotopic (exact) mass is 307 g/mol. The maximum absolute atomic E-state index is 12.3. The van der Waals surface area contributed by atoms with Crippen LogP contribution in [-0.4, -0.2) is 46.5 Å². The fraction of sp³-hybridized carbons (Fsp3) is 0.545. The van der Waals surface area contributed by atoms with E-state index >= 15 is 0 Å². The Hall–Kier alpha value is -1.12. The van der Waals surface area contributed by atoms with Gasteiger partial charge in [-0.05, 0) is 11.4 Å². The van der Waals surface area contributed by atoms with Gasteiger partial charge in [-0.15, -0.1) is 11.3 Å². The predicted octanol–water partition coefficient (Wildman–Crippen LogP) is 1.19. The Kier molecular flexibility index (Phi) is 5.33. The molecule has 0 saturated heterocycles. The molecule has 0 bridgehead atoms. The summed E-state index contributed by atoms with van der Waals surface area (Å²) in [6.45, 7) is 1.67. The van der Waals surface area contributed by atoms with E-state index in [1.54, 1.807) is 18.4 Å². The van der Waals surface area contributed by atoms with Crippen LogP contribution in [-0.2, 0) is 19.6 Å². The first-order valence-electron chi connectivity index (χ1n) is 5.50. The topological polar surface area (TPSA) is 72.9 Å². The second-order valence-electron chi connectivity index (χ2n) is 3.99. The van der Waals surface area contributed by atoms with Gasteiger partial charge in [0, 0.05) is 13.6 Å². The molecule has 1 aromatic heterocycles. The van der Waals surface area contributed by atoms with Gasteiger partial charge in [-0.2, -0.15) is 4.31 Å². The summed E-state index contributed by atoms with van der Waals surface area (Å²) in [5, 5.41) is 1.64. The molecular weight excluding hydrogens is 290 g/mol. The minimum atomic E-state index is -3.66. The molecule has 1 aromatic rings. The molecule has 0 spiro atoms. The van der Waals surface area contributed by atoms with Crippen molar-refractivity contribution in [3.05, 3.63) is 11.4 Å². The molecule has 1 rings (SSSR count). The van der Waals surface area contributed by atoms with E-state index in [0.29, 0.717) is 5.75 Å². The van der Waals surface area contributed by atoms with E-state index in [-0.39, 0.29) is 10.8 Å². The van der Waals surface area contributed by atoms with E-state index in [1.807, 2.05) is 0 Å². The van der Waals surface area contributed by atoms with Gasteiger partial charge in [0.05, 0.1) is 20.1 Å². The van der Waals surface area contributed by atoms with Gasteiger partial charge in [0.15, 0.2) is 4.21 Å². The van der Waals surface area contributed by atoms with Gasteiger partial charge >= 0.3 is 5.97 Å². The van der Waals surface area contributed by atoms with Crippen LogP contribution in [0.4, 0.5) is 0 Å². The van der Waals surface area contributed by atoms with Crippen LogP contribution in [0, 0.1) is 5.92 Å². The Bertz CT molecular complexity index is 537. The number of hydrogen-bond donors (Lipinski definition) is 0. The molecule has 8 heteroatoms. The molecule has 6 nitrogen and oxygen atoms in total. The Balaban J connectivity index is 2.92. The zero-order chi connectivity index (χ0) is 14.6. The highest BCUT2D eigenvalue weighted by Gasteiger charge is 2.29. The van der Waals surface area contributed by atoms with Crippen molar-refractivity contribution in [2.75, 3.05) is 27.8 Å². The van der Waals surface area contributed by atoms with E-state index < -0.39 is 21.9 Å². The molecule has 0 N–H and O–H groups in total. The van der Waals surface area contributed by atoms with Crippen LogP contribution in [0.1, 0.15) is 6.92 Å². The molecule has 108 valence electrons. The third-order valence-electron chi connectivity index (χ3n) is 2.59. The van der Waals surface area contributed by atoms with Gasteiger partial charge in [-0.3, -0.25) is 4.79 Å². The second kappa shape index (κ2) is 6.36. The first-order valence-corrected chi connectivity index (χ1v) is 7.82. The van der Waals surface area contributed by atoms with Crippen molar-refractivity contribution in [3.63, 3.8) is 0 Å². The van der Waals surface area contributed by atoms with E-state index in [1.165, 1.54) is 21.3 Å². The smallest absolute Gasteiger partial charge is 0.309 e. The number of rotatable bonds is 6. The zero-order valence-electron chi connectivity index (χ0n) is 11.2. The number of thiophene rings is 1. The summed E-state index contributed by atoms with van der Waals surface area (Å²) >= 11 is 1.08. The second-order valence-corrected chi connectivity index (χ2v) is 7.14. The predicted molar refractivity (Wildman–Crippen MR) is 71.9 cm³/mol. The molecular formula is C11H17NO5S2. The summed E-state index contributed by atoms with van der Waals surface area (Å²) in [4.78, 5) is 11.3. The fourth-order valence-electron chi connectivity index (χ4n) is 1.52. The molecule has 0 saturated carbocycles. The molecule has 0 aliphatic carbocycles. The third kappa shape index (κ3) is 3.46. The van der Waals surface area contributed by atoms with Gasteiger partial charge in [-0.1, -0.05) is 6.92 Å². The minimum absolute atomic E-state index is 0.0516. The molecule has 0 aromatic carbocycles. The van der Waals surface area contributed by atoms with Crippen molar-refractivity contribution >= 4 is 27.3 Å². The maximum Gasteiger partial charge on any atom is 0.309 e. The van der Waals surface area contributed by atoms with Crippen molar-refractivity contribution in [1.82, 2.24) is 4.31 Å². The molecule has 19 heavy (non-hydrogen) atoms. The summed E-state index contributed by atoms with van der Waals surface area (Å²) in [6, 6.07) is 1.59. The molecule has 0 aliphatic heterocycles. The molecule has 1 atom stereocenters. The van der Waals surface area contributed by atoms with Crippen LogP contribution in [0.5, 0.6) is 5.75 Å². The van der Waals surface area contributed by atoms with Gasteiger partial charge in [0.1, 0.15) is 5.75 Å². The lowest BCUT2D eigenvalue weighted by Gasteiger charge is -2.19.